The van der Waals surface area contributed by atoms with Gasteiger partial charge in [0.15, 0.2) is 5.71 Å². The summed E-state index contributed by atoms with van der Waals surface area (Å²) in [7, 11) is 1.90. The molecule has 0 unspecified atom stereocenters. The lowest BCUT2D eigenvalue weighted by atomic mass is 10.2. The molecule has 0 radical (unpaired) electrons. The summed E-state index contributed by atoms with van der Waals surface area (Å²) in [6.45, 7) is 4.03. The van der Waals surface area contributed by atoms with Crippen LogP contribution in [-0.4, -0.2) is 21.7 Å². The van der Waals surface area contributed by atoms with Crippen LogP contribution in [0.25, 0.3) is 0 Å². The van der Waals surface area contributed by atoms with Crippen LogP contribution in [0.15, 0.2) is 34.4 Å². The van der Waals surface area contributed by atoms with E-state index in [0.717, 1.165) is 23.0 Å². The molecular formula is C13H14N5+. The summed E-state index contributed by atoms with van der Waals surface area (Å²) < 4.78 is 3.60. The van der Waals surface area contributed by atoms with Gasteiger partial charge in [0.05, 0.1) is 5.69 Å². The zero-order valence-corrected chi connectivity index (χ0v) is 10.6. The van der Waals surface area contributed by atoms with Crippen molar-refractivity contribution in [2.24, 2.45) is 17.1 Å². The minimum Gasteiger partial charge on any atom is -0.241 e. The fraction of sp³-hybridized carbons (Fsp3) is 0.231. The molecule has 5 nitrogen and oxygen atoms in total. The minimum absolute atomic E-state index is 0.788. The molecule has 0 saturated carbocycles. The summed E-state index contributed by atoms with van der Waals surface area (Å²) in [6, 6.07) is 8.08. The first-order valence-electron chi connectivity index (χ1n) is 5.81. The Morgan fingerprint density at radius 3 is 2.61 bits per heavy atom. The minimum atomic E-state index is 0.788. The SMILES string of the molecule is Cc1ccc(N=C2C=Nn3c2n[n+](C)c3C)cc1. The molecule has 1 aliphatic heterocycles. The van der Waals surface area contributed by atoms with Crippen molar-refractivity contribution >= 4 is 17.6 Å². The van der Waals surface area contributed by atoms with Crippen molar-refractivity contribution in [3.8, 4) is 0 Å². The molecule has 0 amide bonds. The third-order valence-corrected chi connectivity index (χ3v) is 3.03. The normalized spacial score (nSPS) is 15.4. The molecule has 0 spiro atoms. The number of aliphatic imine (C=N–C) groups is 1. The first-order valence-corrected chi connectivity index (χ1v) is 5.81. The zero-order chi connectivity index (χ0) is 12.7. The van der Waals surface area contributed by atoms with E-state index in [1.165, 1.54) is 5.56 Å². The third-order valence-electron chi connectivity index (χ3n) is 3.03. The van der Waals surface area contributed by atoms with Gasteiger partial charge in [0.1, 0.15) is 13.3 Å². The van der Waals surface area contributed by atoms with E-state index in [9.17, 15) is 0 Å². The summed E-state index contributed by atoms with van der Waals surface area (Å²) in [4.78, 5) is 4.57. The number of hydrogen-bond donors (Lipinski definition) is 0. The summed E-state index contributed by atoms with van der Waals surface area (Å²) in [5, 5.41) is 8.70. The first kappa shape index (κ1) is 10.8. The van der Waals surface area contributed by atoms with E-state index in [0.29, 0.717) is 0 Å². The number of aryl methyl sites for hydroxylation is 2. The van der Waals surface area contributed by atoms with E-state index in [2.05, 4.69) is 22.1 Å². The number of benzene rings is 1. The van der Waals surface area contributed by atoms with Crippen LogP contribution in [-0.2, 0) is 7.05 Å². The Labute approximate surface area is 105 Å². The third kappa shape index (κ3) is 1.64. The smallest absolute Gasteiger partial charge is 0.241 e. The number of nitrogens with zero attached hydrogens (tertiary/aromatic N) is 5. The molecule has 0 saturated heterocycles. The Hall–Kier alpha value is -2.30. The largest absolute Gasteiger partial charge is 0.313 e. The van der Waals surface area contributed by atoms with Gasteiger partial charge in [-0.25, -0.2) is 4.99 Å². The Kier molecular flexibility index (Phi) is 2.33. The van der Waals surface area contributed by atoms with Crippen molar-refractivity contribution in [1.82, 2.24) is 9.77 Å². The highest BCUT2D eigenvalue weighted by atomic mass is 15.5. The maximum absolute atomic E-state index is 4.57. The van der Waals surface area contributed by atoms with Gasteiger partial charge in [0, 0.05) is 6.92 Å². The van der Waals surface area contributed by atoms with Gasteiger partial charge < -0.3 is 0 Å². The first-order chi connectivity index (χ1) is 8.65. The predicted octanol–water partition coefficient (Wildman–Crippen LogP) is 1.29. The van der Waals surface area contributed by atoms with Crippen LogP contribution in [0.1, 0.15) is 17.2 Å². The Balaban J connectivity index is 2.04. The van der Waals surface area contributed by atoms with Crippen LogP contribution in [0.4, 0.5) is 5.69 Å². The number of fused-ring (bicyclic) bond motifs is 1. The predicted molar refractivity (Wildman–Crippen MR) is 69.4 cm³/mol. The maximum atomic E-state index is 4.57. The monoisotopic (exact) mass is 240 g/mol. The van der Waals surface area contributed by atoms with Crippen LogP contribution in [0.3, 0.4) is 0 Å². The molecule has 2 aromatic rings. The molecule has 1 aromatic carbocycles. The van der Waals surface area contributed by atoms with Gasteiger partial charge in [0.2, 0.25) is 0 Å². The molecule has 0 atom stereocenters. The summed E-state index contributed by atoms with van der Waals surface area (Å²) >= 11 is 0. The van der Waals surface area contributed by atoms with Crippen LogP contribution >= 0.6 is 0 Å². The highest BCUT2D eigenvalue weighted by molar-refractivity contribution is 6.38. The van der Waals surface area contributed by atoms with Gasteiger partial charge >= 0.3 is 11.6 Å². The van der Waals surface area contributed by atoms with E-state index in [4.69, 9.17) is 0 Å². The molecule has 1 aliphatic rings. The molecule has 90 valence electrons. The fourth-order valence-corrected chi connectivity index (χ4v) is 1.85. The highest BCUT2D eigenvalue weighted by Gasteiger charge is 2.28. The van der Waals surface area contributed by atoms with E-state index in [1.807, 2.05) is 38.2 Å². The number of hydrogen-bond acceptors (Lipinski definition) is 3. The number of rotatable bonds is 1. The Bertz CT molecular complexity index is 661. The van der Waals surface area contributed by atoms with Crippen molar-refractivity contribution in [2.45, 2.75) is 13.8 Å². The van der Waals surface area contributed by atoms with Crippen LogP contribution in [0.5, 0.6) is 0 Å². The standard InChI is InChI=1S/C13H14N5/c1-9-4-6-11(7-5-9)15-12-8-14-18-10(2)17(3)16-13(12)18/h4-8H,1-3H3/q+1. The quantitative estimate of drug-likeness (QED) is 0.693. The van der Waals surface area contributed by atoms with Crippen molar-refractivity contribution in [3.05, 3.63) is 41.5 Å². The maximum Gasteiger partial charge on any atom is 0.313 e. The lowest BCUT2D eigenvalue weighted by molar-refractivity contribution is -0.734. The second-order valence-electron chi connectivity index (χ2n) is 4.38. The molecule has 0 aliphatic carbocycles. The van der Waals surface area contributed by atoms with Gasteiger partial charge in [-0.1, -0.05) is 27.5 Å². The summed E-state index contributed by atoms with van der Waals surface area (Å²) in [5.41, 5.74) is 2.93. The van der Waals surface area contributed by atoms with Gasteiger partial charge in [0.25, 0.3) is 0 Å². The van der Waals surface area contributed by atoms with Crippen molar-refractivity contribution in [3.63, 3.8) is 0 Å². The van der Waals surface area contributed by atoms with Crippen LogP contribution < -0.4 is 4.68 Å². The molecule has 1 aromatic heterocycles. The Morgan fingerprint density at radius 2 is 1.89 bits per heavy atom. The fourth-order valence-electron chi connectivity index (χ4n) is 1.85. The average Bonchev–Trinajstić information content (AvgIpc) is 2.86. The zero-order valence-electron chi connectivity index (χ0n) is 10.6. The molecule has 5 heteroatoms. The lowest BCUT2D eigenvalue weighted by Gasteiger charge is -1.94. The second-order valence-corrected chi connectivity index (χ2v) is 4.38. The van der Waals surface area contributed by atoms with Crippen molar-refractivity contribution in [1.29, 1.82) is 0 Å². The van der Waals surface area contributed by atoms with Gasteiger partial charge in [-0.3, -0.25) is 0 Å². The average molecular weight is 240 g/mol. The molecule has 0 fully saturated rings. The van der Waals surface area contributed by atoms with Crippen molar-refractivity contribution < 1.29 is 4.68 Å². The van der Waals surface area contributed by atoms with Gasteiger partial charge in [-0.2, -0.15) is 0 Å². The van der Waals surface area contributed by atoms with E-state index in [1.54, 1.807) is 15.6 Å². The van der Waals surface area contributed by atoms with E-state index in [-0.39, 0.29) is 0 Å². The highest BCUT2D eigenvalue weighted by Crippen LogP contribution is 2.16. The topological polar surface area (TPSA) is 46.4 Å². The Morgan fingerprint density at radius 1 is 1.17 bits per heavy atom. The molecular weight excluding hydrogens is 226 g/mol. The molecule has 2 heterocycles. The van der Waals surface area contributed by atoms with Gasteiger partial charge in [-0.05, 0) is 24.2 Å². The molecule has 3 rings (SSSR count). The summed E-state index contributed by atoms with van der Waals surface area (Å²) in [5.74, 6) is 1.77. The van der Waals surface area contributed by atoms with E-state index < -0.39 is 0 Å². The lowest BCUT2D eigenvalue weighted by Crippen LogP contribution is -2.34. The summed E-state index contributed by atoms with van der Waals surface area (Å²) in [6.07, 6.45) is 1.75. The molecule has 18 heavy (non-hydrogen) atoms. The number of aromatic nitrogens is 3. The van der Waals surface area contributed by atoms with Crippen LogP contribution in [0, 0.1) is 13.8 Å². The molecule has 0 bridgehead atoms. The van der Waals surface area contributed by atoms with Crippen LogP contribution in [0.2, 0.25) is 0 Å². The van der Waals surface area contributed by atoms with Crippen molar-refractivity contribution in [2.75, 3.05) is 0 Å². The van der Waals surface area contributed by atoms with Gasteiger partial charge in [-0.15, -0.1) is 4.68 Å². The molecule has 0 N–H and O–H groups in total. The van der Waals surface area contributed by atoms with E-state index >= 15 is 0 Å². The second kappa shape index (κ2) is 3.87.